The molecule has 1 aromatic carbocycles. The Kier molecular flexibility index (Phi) is 4.12. The fraction of sp³-hybridized carbons (Fsp3) is 0.200. The topological polar surface area (TPSA) is 58.9 Å². The van der Waals surface area contributed by atoms with Crippen LogP contribution in [0.15, 0.2) is 23.4 Å². The second-order valence-corrected chi connectivity index (χ2v) is 3.11. The van der Waals surface area contributed by atoms with Crippen LogP contribution in [0.1, 0.15) is 22.8 Å². The van der Waals surface area contributed by atoms with Gasteiger partial charge in [0.15, 0.2) is 0 Å². The molecule has 1 N–H and O–H groups in total. The molecule has 0 aliphatic heterocycles. The number of esters is 1. The number of ether oxygens (including phenoxy) is 1. The number of carbonyl (C=O) groups is 1. The molecule has 4 nitrogen and oxygen atoms in total. The highest BCUT2D eigenvalue weighted by atomic mass is 35.5. The maximum absolute atomic E-state index is 11.4. The predicted octanol–water partition coefficient (Wildman–Crippen LogP) is 2.32. The third kappa shape index (κ3) is 2.95. The summed E-state index contributed by atoms with van der Waals surface area (Å²) in [4.78, 5) is 11.4. The molecule has 1 rings (SSSR count). The summed E-state index contributed by atoms with van der Waals surface area (Å²) in [5.41, 5.74) is 0.834. The Morgan fingerprint density at radius 2 is 2.40 bits per heavy atom. The third-order valence-electron chi connectivity index (χ3n) is 1.69. The minimum Gasteiger partial charge on any atom is -0.462 e. The average Bonchev–Trinajstić information content (AvgIpc) is 2.21. The van der Waals surface area contributed by atoms with Gasteiger partial charge in [-0.1, -0.05) is 22.8 Å². The van der Waals surface area contributed by atoms with E-state index in [0.29, 0.717) is 10.6 Å². The molecule has 0 saturated carbocycles. The third-order valence-corrected chi connectivity index (χ3v) is 2.02. The summed E-state index contributed by atoms with van der Waals surface area (Å²) < 4.78 is 4.81. The fourth-order valence-corrected chi connectivity index (χ4v) is 1.25. The predicted molar refractivity (Wildman–Crippen MR) is 56.8 cm³/mol. The standard InChI is InChI=1S/C10H10ClNO3/c1-2-15-10(13)8-5-7(6-12-14)3-4-9(8)11/h3-6,14H,2H2,1H3/b12-6-. The van der Waals surface area contributed by atoms with Gasteiger partial charge in [-0.25, -0.2) is 4.79 Å². The van der Waals surface area contributed by atoms with E-state index in [2.05, 4.69) is 5.16 Å². The van der Waals surface area contributed by atoms with Crippen LogP contribution in [0.2, 0.25) is 5.02 Å². The van der Waals surface area contributed by atoms with Crippen LogP contribution in [-0.4, -0.2) is 24.0 Å². The number of halogens is 1. The normalized spacial score (nSPS) is 10.5. The van der Waals surface area contributed by atoms with Crippen LogP contribution in [0.3, 0.4) is 0 Å². The number of benzene rings is 1. The van der Waals surface area contributed by atoms with Crippen LogP contribution in [0, 0.1) is 0 Å². The zero-order valence-corrected chi connectivity index (χ0v) is 8.86. The highest BCUT2D eigenvalue weighted by molar-refractivity contribution is 6.33. The van der Waals surface area contributed by atoms with Crippen molar-refractivity contribution < 1.29 is 14.7 Å². The van der Waals surface area contributed by atoms with Gasteiger partial charge >= 0.3 is 5.97 Å². The van der Waals surface area contributed by atoms with Gasteiger partial charge in [-0.05, 0) is 24.6 Å². The van der Waals surface area contributed by atoms with Crippen LogP contribution in [0.4, 0.5) is 0 Å². The Hall–Kier alpha value is -1.55. The van der Waals surface area contributed by atoms with Gasteiger partial charge in [0.1, 0.15) is 0 Å². The Morgan fingerprint density at radius 3 is 3.00 bits per heavy atom. The van der Waals surface area contributed by atoms with Crippen LogP contribution >= 0.6 is 11.6 Å². The number of nitrogens with zero attached hydrogens (tertiary/aromatic N) is 1. The largest absolute Gasteiger partial charge is 0.462 e. The van der Waals surface area contributed by atoms with E-state index in [9.17, 15) is 4.79 Å². The summed E-state index contributed by atoms with van der Waals surface area (Å²) in [5.74, 6) is -0.490. The summed E-state index contributed by atoms with van der Waals surface area (Å²) in [6, 6.07) is 4.68. The van der Waals surface area contributed by atoms with Crippen LogP contribution in [-0.2, 0) is 4.74 Å². The van der Waals surface area contributed by atoms with Crippen molar-refractivity contribution in [3.8, 4) is 0 Å². The molecule has 0 atom stereocenters. The van der Waals surface area contributed by atoms with Gasteiger partial charge < -0.3 is 9.94 Å². The van der Waals surface area contributed by atoms with Gasteiger partial charge in [0.25, 0.3) is 0 Å². The molecule has 1 aromatic rings. The lowest BCUT2D eigenvalue weighted by Gasteiger charge is -2.04. The fourth-order valence-electron chi connectivity index (χ4n) is 1.06. The van der Waals surface area contributed by atoms with Crippen molar-refractivity contribution in [2.75, 3.05) is 6.61 Å². The van der Waals surface area contributed by atoms with E-state index in [0.717, 1.165) is 0 Å². The molecule has 0 saturated heterocycles. The highest BCUT2D eigenvalue weighted by Crippen LogP contribution is 2.18. The average molecular weight is 228 g/mol. The quantitative estimate of drug-likeness (QED) is 0.373. The molecule has 80 valence electrons. The van der Waals surface area contributed by atoms with E-state index in [-0.39, 0.29) is 12.2 Å². The molecule has 0 fully saturated rings. The Bertz CT molecular complexity index is 390. The first-order valence-corrected chi connectivity index (χ1v) is 4.71. The monoisotopic (exact) mass is 227 g/mol. The van der Waals surface area contributed by atoms with E-state index in [1.165, 1.54) is 12.3 Å². The molecule has 0 heterocycles. The van der Waals surface area contributed by atoms with Gasteiger partial charge in [0, 0.05) is 0 Å². The molecule has 0 aromatic heterocycles. The minimum atomic E-state index is -0.490. The molecule has 0 spiro atoms. The van der Waals surface area contributed by atoms with Crippen molar-refractivity contribution in [2.24, 2.45) is 5.16 Å². The van der Waals surface area contributed by atoms with Crippen molar-refractivity contribution in [3.63, 3.8) is 0 Å². The number of carbonyl (C=O) groups excluding carboxylic acids is 1. The van der Waals surface area contributed by atoms with Gasteiger partial charge in [-0.3, -0.25) is 0 Å². The van der Waals surface area contributed by atoms with Gasteiger partial charge in [0.05, 0.1) is 23.4 Å². The zero-order valence-electron chi connectivity index (χ0n) is 8.11. The zero-order chi connectivity index (χ0) is 11.3. The first kappa shape index (κ1) is 11.5. The maximum Gasteiger partial charge on any atom is 0.339 e. The van der Waals surface area contributed by atoms with Crippen molar-refractivity contribution in [1.82, 2.24) is 0 Å². The summed E-state index contributed by atoms with van der Waals surface area (Å²) in [7, 11) is 0. The summed E-state index contributed by atoms with van der Waals surface area (Å²) in [5, 5.41) is 11.5. The van der Waals surface area contributed by atoms with Crippen molar-refractivity contribution in [3.05, 3.63) is 34.3 Å². The lowest BCUT2D eigenvalue weighted by atomic mass is 10.1. The second-order valence-electron chi connectivity index (χ2n) is 2.70. The van der Waals surface area contributed by atoms with Gasteiger partial charge in [-0.2, -0.15) is 0 Å². The molecule has 0 amide bonds. The first-order chi connectivity index (χ1) is 7.19. The lowest BCUT2D eigenvalue weighted by Crippen LogP contribution is -2.05. The molecule has 0 unspecified atom stereocenters. The molecule has 0 radical (unpaired) electrons. The molecular formula is C10H10ClNO3. The molecule has 5 heteroatoms. The molecule has 0 bridgehead atoms. The van der Waals surface area contributed by atoms with Crippen LogP contribution < -0.4 is 0 Å². The molecule has 15 heavy (non-hydrogen) atoms. The maximum atomic E-state index is 11.4. The van der Waals surface area contributed by atoms with Crippen LogP contribution in [0.25, 0.3) is 0 Å². The van der Waals surface area contributed by atoms with Crippen molar-refractivity contribution in [2.45, 2.75) is 6.92 Å². The van der Waals surface area contributed by atoms with E-state index in [4.69, 9.17) is 21.5 Å². The number of oxime groups is 1. The lowest BCUT2D eigenvalue weighted by molar-refractivity contribution is 0.0526. The Labute approximate surface area is 92.1 Å². The SMILES string of the molecule is CCOC(=O)c1cc(/C=N\O)ccc1Cl. The summed E-state index contributed by atoms with van der Waals surface area (Å²) in [6.45, 7) is 2.00. The van der Waals surface area contributed by atoms with E-state index in [1.807, 2.05) is 0 Å². The van der Waals surface area contributed by atoms with Gasteiger partial charge in [-0.15, -0.1) is 0 Å². The number of hydrogen-bond donors (Lipinski definition) is 1. The van der Waals surface area contributed by atoms with Gasteiger partial charge in [0.2, 0.25) is 0 Å². The Balaban J connectivity index is 3.04. The molecule has 0 aliphatic rings. The van der Waals surface area contributed by atoms with Crippen LogP contribution in [0.5, 0.6) is 0 Å². The van der Waals surface area contributed by atoms with Crippen molar-refractivity contribution >= 4 is 23.8 Å². The summed E-state index contributed by atoms with van der Waals surface area (Å²) >= 11 is 5.82. The molecule has 0 aliphatic carbocycles. The van der Waals surface area contributed by atoms with E-state index in [1.54, 1.807) is 19.1 Å². The summed E-state index contributed by atoms with van der Waals surface area (Å²) in [6.07, 6.45) is 1.21. The smallest absolute Gasteiger partial charge is 0.339 e. The number of hydrogen-bond acceptors (Lipinski definition) is 4. The van der Waals surface area contributed by atoms with E-state index >= 15 is 0 Å². The second kappa shape index (κ2) is 5.36. The van der Waals surface area contributed by atoms with E-state index < -0.39 is 5.97 Å². The Morgan fingerprint density at radius 1 is 1.67 bits per heavy atom. The minimum absolute atomic E-state index is 0.260. The first-order valence-electron chi connectivity index (χ1n) is 4.33. The number of rotatable bonds is 3. The van der Waals surface area contributed by atoms with Crippen molar-refractivity contribution in [1.29, 1.82) is 0 Å². The highest BCUT2D eigenvalue weighted by Gasteiger charge is 2.11. The molecular weight excluding hydrogens is 218 g/mol.